The molecule has 1 aliphatic carbocycles. The lowest BCUT2D eigenvalue weighted by atomic mass is 9.81. The molecule has 10 atom stereocenters. The fourth-order valence-corrected chi connectivity index (χ4v) is 11.6. The van der Waals surface area contributed by atoms with Crippen molar-refractivity contribution in [2.75, 3.05) is 45.1 Å². The number of carbonyl (C=O) groups excluding carboxylic acids is 12. The second kappa shape index (κ2) is 29.0. The molecule has 1 saturated heterocycles. The van der Waals surface area contributed by atoms with E-state index in [0.29, 0.717) is 32.1 Å². The fraction of sp³-hybridized carbons (Fsp3) is 0.593. The molecule has 1 saturated carbocycles. The number of thioether (sulfide) groups is 1. The molecule has 14 N–H and O–H groups in total. The molecule has 0 aromatic heterocycles. The van der Waals surface area contributed by atoms with Crippen molar-refractivity contribution in [3.8, 4) is 5.75 Å². The van der Waals surface area contributed by atoms with E-state index in [1.807, 2.05) is 0 Å². The number of aliphatic hydroxyl groups is 3. The van der Waals surface area contributed by atoms with Gasteiger partial charge in [-0.15, -0.1) is 0 Å². The number of phenolic OH excluding ortho intramolecular Hbond substituents is 1. The summed E-state index contributed by atoms with van der Waals surface area (Å²) >= 11 is 1.25. The molecule has 2 bridgehead atoms. The summed E-state index contributed by atoms with van der Waals surface area (Å²) in [6.07, 6.45) is -0.152. The number of nitrogens with zero attached hydrogens (tertiary/aromatic N) is 2. The Morgan fingerprint density at radius 1 is 0.817 bits per heavy atom. The lowest BCUT2D eigenvalue weighted by molar-refractivity contribution is -0.144. The molecular formula is C54H75N11O16S. The summed E-state index contributed by atoms with van der Waals surface area (Å²) in [5.74, 6) is -12.1. The maximum atomic E-state index is 14.9. The van der Waals surface area contributed by atoms with Crippen LogP contribution in [0.4, 0.5) is 0 Å². The first kappa shape index (κ1) is 63.7. The molecule has 27 nitrogen and oxygen atoms in total. The first-order valence-electron chi connectivity index (χ1n) is 27.4. The first-order valence-corrected chi connectivity index (χ1v) is 28.6. The van der Waals surface area contributed by atoms with Gasteiger partial charge in [0.1, 0.15) is 42.0 Å². The van der Waals surface area contributed by atoms with Crippen LogP contribution in [0.15, 0.2) is 30.9 Å². The first-order chi connectivity index (χ1) is 38.9. The molecule has 2 fully saturated rings. The van der Waals surface area contributed by atoms with E-state index in [-0.39, 0.29) is 82.2 Å². The molecule has 6 rings (SSSR count). The van der Waals surface area contributed by atoms with Gasteiger partial charge >= 0.3 is 0 Å². The topological polar surface area (TPSA) is 414 Å². The van der Waals surface area contributed by atoms with Crippen LogP contribution in [0.2, 0.25) is 0 Å². The summed E-state index contributed by atoms with van der Waals surface area (Å²) in [5.41, 5.74) is 6.17. The number of benzene rings is 1. The SMILES string of the molecule is C=C1C[C@@H]2NC(=O)C([C@@H](C)C(O)CO)NC(=O)C3CC(O)CN3C(=O)C(CC(N)=O)NC(=O)[C@H](Cc3c1ccc(O)c3CSCCNC(=O)C1CCC(CN3C(=O)C=CC3=O)CC1)NC(=O)CNC(=O)[C@H]([C@@H](C)CC)NC(=O)CNC2=O. The van der Waals surface area contributed by atoms with Gasteiger partial charge in [0, 0.05) is 80.0 Å². The summed E-state index contributed by atoms with van der Waals surface area (Å²) in [5, 5.41) is 64.0. The highest BCUT2D eigenvalue weighted by atomic mass is 32.2. The second-order valence-electron chi connectivity index (χ2n) is 21.6. The zero-order valence-corrected chi connectivity index (χ0v) is 46.8. The molecule has 82 heavy (non-hydrogen) atoms. The van der Waals surface area contributed by atoms with Crippen LogP contribution in [-0.4, -0.2) is 195 Å². The molecule has 12 amide bonds. The van der Waals surface area contributed by atoms with Crippen LogP contribution in [0.25, 0.3) is 5.57 Å². The summed E-state index contributed by atoms with van der Waals surface area (Å²) < 4.78 is 0. The number of hydrogen-bond donors (Lipinski definition) is 13. The number of phenols is 1. The zero-order chi connectivity index (χ0) is 60.1. The highest BCUT2D eigenvalue weighted by molar-refractivity contribution is 7.98. The summed E-state index contributed by atoms with van der Waals surface area (Å²) in [6.45, 7) is 6.47. The lowest BCUT2D eigenvalue weighted by Crippen LogP contribution is -2.61. The van der Waals surface area contributed by atoms with Crippen molar-refractivity contribution < 1.29 is 78.0 Å². The Labute approximate surface area is 477 Å². The van der Waals surface area contributed by atoms with Crippen LogP contribution < -0.4 is 48.3 Å². The zero-order valence-electron chi connectivity index (χ0n) is 46.0. The van der Waals surface area contributed by atoms with Gasteiger partial charge in [-0.3, -0.25) is 62.4 Å². The van der Waals surface area contributed by atoms with Gasteiger partial charge in [-0.2, -0.15) is 11.8 Å². The third-order valence-corrected chi connectivity index (χ3v) is 16.7. The lowest BCUT2D eigenvalue weighted by Gasteiger charge is -2.33. The Hall–Kier alpha value is -7.43. The number of rotatable bonds is 15. The largest absolute Gasteiger partial charge is 0.508 e. The summed E-state index contributed by atoms with van der Waals surface area (Å²) in [7, 11) is 0. The van der Waals surface area contributed by atoms with Gasteiger partial charge in [-0.1, -0.05) is 39.8 Å². The van der Waals surface area contributed by atoms with Crippen LogP contribution in [0.5, 0.6) is 5.75 Å². The van der Waals surface area contributed by atoms with Gasteiger partial charge in [0.25, 0.3) is 11.8 Å². The van der Waals surface area contributed by atoms with Gasteiger partial charge in [0.05, 0.1) is 38.3 Å². The molecular weight excluding hydrogens is 1090 g/mol. The van der Waals surface area contributed by atoms with E-state index < -0.39 is 165 Å². The average molecular weight is 1170 g/mol. The van der Waals surface area contributed by atoms with Crippen molar-refractivity contribution in [2.24, 2.45) is 29.4 Å². The number of nitrogens with two attached hydrogens (primary N) is 1. The van der Waals surface area contributed by atoms with Crippen LogP contribution >= 0.6 is 11.8 Å². The highest BCUT2D eigenvalue weighted by Gasteiger charge is 2.45. The molecule has 5 unspecified atom stereocenters. The number of primary amides is 1. The monoisotopic (exact) mass is 1170 g/mol. The Bertz CT molecular complexity index is 2680. The number of hydrogen-bond acceptors (Lipinski definition) is 17. The normalized spacial score (nSPS) is 27.6. The van der Waals surface area contributed by atoms with Gasteiger partial charge in [-0.05, 0) is 60.3 Å². The predicted octanol–water partition coefficient (Wildman–Crippen LogP) is -4.03. The highest BCUT2D eigenvalue weighted by Crippen LogP contribution is 2.35. The average Bonchev–Trinajstić information content (AvgIpc) is 4.18. The standard InChI is InChI=1S/C54H75N11O16S/c1-5-26(2)46-52(79)58-20-42(71)59-36-18-33-32(10-11-39(68)34(33)25-82-15-14-56-48(75)30-8-6-29(7-9-30)22-65-44(73)12-13-45(65)74)27(3)16-35(49(76)57-21-43(72)62-46)60-53(80)47(28(4)40(69)24-66)63-51(78)38-17-31(67)23-64(38)54(81)37(19-41(55)70)61-50(36)77/h10-13,26,28-31,35-38,40,46-47,66-69H,3,5-9,14-25H2,1-2,4H3,(H2,55,70)(H,56,75)(H,57,76)(H,58,79)(H,59,71)(H,60,80)(H,61,77)(H,62,72)(H,63,78)/t26-,28-,29?,30?,31?,35-,36-,37?,38?,40?,46-,47?/m0/s1. The maximum absolute atomic E-state index is 14.9. The minimum Gasteiger partial charge on any atom is -0.508 e. The number of aromatic hydroxyl groups is 1. The number of carbonyl (C=O) groups is 12. The Morgan fingerprint density at radius 2 is 1.46 bits per heavy atom. The molecule has 5 aliphatic rings. The molecule has 0 spiro atoms. The second-order valence-corrected chi connectivity index (χ2v) is 22.7. The molecule has 1 aromatic carbocycles. The van der Waals surface area contributed by atoms with E-state index in [4.69, 9.17) is 5.73 Å². The van der Waals surface area contributed by atoms with Gasteiger partial charge in [0.15, 0.2) is 0 Å². The Morgan fingerprint density at radius 3 is 2.11 bits per heavy atom. The van der Waals surface area contributed by atoms with Crippen molar-refractivity contribution in [1.82, 2.24) is 52.3 Å². The van der Waals surface area contributed by atoms with Crippen LogP contribution in [0.3, 0.4) is 0 Å². The molecule has 0 radical (unpaired) electrons. The number of imide groups is 1. The van der Waals surface area contributed by atoms with E-state index in [2.05, 4.69) is 49.1 Å². The van der Waals surface area contributed by atoms with Gasteiger partial charge in [-0.25, -0.2) is 0 Å². The van der Waals surface area contributed by atoms with Crippen molar-refractivity contribution in [3.05, 3.63) is 47.6 Å². The molecule has 1 aromatic rings. The Balaban J connectivity index is 1.39. The number of aliphatic hydroxyl groups excluding tert-OH is 3. The van der Waals surface area contributed by atoms with Crippen molar-refractivity contribution in [2.45, 2.75) is 133 Å². The molecule has 4 aliphatic heterocycles. The fourth-order valence-electron chi connectivity index (χ4n) is 10.7. The molecule has 28 heteroatoms. The van der Waals surface area contributed by atoms with E-state index in [1.54, 1.807) is 13.8 Å². The van der Waals surface area contributed by atoms with Crippen LogP contribution in [0.1, 0.15) is 88.8 Å². The van der Waals surface area contributed by atoms with Gasteiger partial charge < -0.3 is 73.6 Å². The minimum atomic E-state index is -1.86. The number of nitrogens with one attached hydrogen (secondary N) is 8. The van der Waals surface area contributed by atoms with E-state index >= 15 is 0 Å². The predicted molar refractivity (Wildman–Crippen MR) is 293 cm³/mol. The van der Waals surface area contributed by atoms with Crippen molar-refractivity contribution in [3.63, 3.8) is 0 Å². The van der Waals surface area contributed by atoms with Crippen molar-refractivity contribution >= 4 is 88.2 Å². The van der Waals surface area contributed by atoms with Crippen molar-refractivity contribution in [1.29, 1.82) is 0 Å². The third-order valence-electron chi connectivity index (χ3n) is 15.7. The quantitative estimate of drug-likeness (QED) is 0.0588. The number of amides is 12. The smallest absolute Gasteiger partial charge is 0.253 e. The summed E-state index contributed by atoms with van der Waals surface area (Å²) in [6, 6.07) is -7.18. The number of fused-ring (bicyclic) bond motifs is 4. The molecule has 448 valence electrons. The minimum absolute atomic E-state index is 0.0227. The Kier molecular flexibility index (Phi) is 22.6. The van der Waals surface area contributed by atoms with Gasteiger partial charge in [0.2, 0.25) is 59.1 Å². The van der Waals surface area contributed by atoms with E-state index in [9.17, 15) is 78.0 Å². The maximum Gasteiger partial charge on any atom is 0.253 e. The van der Waals surface area contributed by atoms with Crippen LogP contribution in [0, 0.1) is 23.7 Å². The third kappa shape index (κ3) is 16.4. The summed E-state index contributed by atoms with van der Waals surface area (Å²) in [4.78, 5) is 166. The van der Waals surface area contributed by atoms with E-state index in [1.165, 1.54) is 47.9 Å². The van der Waals surface area contributed by atoms with Crippen LogP contribution in [-0.2, 0) is 69.7 Å². The molecule has 4 heterocycles. The van der Waals surface area contributed by atoms with E-state index in [0.717, 1.165) is 4.90 Å².